The van der Waals surface area contributed by atoms with Crippen LogP contribution in [0.3, 0.4) is 0 Å². The second-order valence-corrected chi connectivity index (χ2v) is 6.97. The van der Waals surface area contributed by atoms with Gasteiger partial charge in [-0.15, -0.1) is 0 Å². The van der Waals surface area contributed by atoms with E-state index in [1.165, 1.54) is 0 Å². The molecule has 134 valence electrons. The molecular formula is C19H13BrN4O3. The number of nitrogens with zero attached hydrogens (tertiary/aromatic N) is 2. The number of halogens is 1. The van der Waals surface area contributed by atoms with Crippen molar-refractivity contribution < 1.29 is 9.66 Å². The lowest BCUT2D eigenvalue weighted by Crippen LogP contribution is -2.27. The Kier molecular flexibility index (Phi) is 4.09. The number of allylic oxidation sites excluding steroid dienone is 1. The first-order valence-corrected chi connectivity index (χ1v) is 8.87. The van der Waals surface area contributed by atoms with Crippen LogP contribution in [0.25, 0.3) is 10.9 Å². The Hall–Kier alpha value is -3.31. The van der Waals surface area contributed by atoms with E-state index in [-0.39, 0.29) is 11.6 Å². The SMILES string of the molecule is CNC1=C([N+](=O)[O-])C(c2c[nH]c3ccc(C#N)cc23)c2cc(Br)ccc2O1. The first-order chi connectivity index (χ1) is 13.0. The summed E-state index contributed by atoms with van der Waals surface area (Å²) in [6, 6.07) is 12.8. The van der Waals surface area contributed by atoms with Crippen molar-refractivity contribution >= 4 is 26.8 Å². The van der Waals surface area contributed by atoms with E-state index in [0.29, 0.717) is 22.4 Å². The van der Waals surface area contributed by atoms with E-state index in [1.54, 1.807) is 37.5 Å². The van der Waals surface area contributed by atoms with Crippen LogP contribution in [0.2, 0.25) is 0 Å². The summed E-state index contributed by atoms with van der Waals surface area (Å²) in [7, 11) is 1.59. The Bertz CT molecular complexity index is 1160. The van der Waals surface area contributed by atoms with Crippen LogP contribution in [0.5, 0.6) is 5.75 Å². The van der Waals surface area contributed by atoms with Crippen LogP contribution in [0, 0.1) is 21.4 Å². The molecule has 1 aromatic heterocycles. The topological polar surface area (TPSA) is 104 Å². The quantitative estimate of drug-likeness (QED) is 0.488. The van der Waals surface area contributed by atoms with Gasteiger partial charge in [0.05, 0.1) is 16.6 Å². The molecule has 0 spiro atoms. The highest BCUT2D eigenvalue weighted by atomic mass is 79.9. The van der Waals surface area contributed by atoms with Crippen molar-refractivity contribution in [2.45, 2.75) is 5.92 Å². The van der Waals surface area contributed by atoms with Gasteiger partial charge in [0, 0.05) is 34.2 Å². The van der Waals surface area contributed by atoms with Gasteiger partial charge in [0.1, 0.15) is 11.7 Å². The highest BCUT2D eigenvalue weighted by molar-refractivity contribution is 9.10. The van der Waals surface area contributed by atoms with Crippen LogP contribution in [0.15, 0.2) is 58.6 Å². The van der Waals surface area contributed by atoms with Crippen LogP contribution in [0.4, 0.5) is 0 Å². The molecule has 1 aliphatic rings. The standard InChI is InChI=1S/C19H13BrN4O3/c1-22-19-18(24(25)26)17(13-7-11(20)3-5-16(13)27-19)14-9-23-15-4-2-10(8-21)6-12(14)15/h2-7,9,17,22-23H,1H3. The van der Waals surface area contributed by atoms with Crippen molar-refractivity contribution in [2.75, 3.05) is 7.05 Å². The molecule has 0 saturated carbocycles. The molecule has 1 aliphatic heterocycles. The fraction of sp³-hybridized carbons (Fsp3) is 0.105. The molecule has 1 atom stereocenters. The van der Waals surface area contributed by atoms with Gasteiger partial charge in [-0.1, -0.05) is 15.9 Å². The maximum Gasteiger partial charge on any atom is 0.317 e. The summed E-state index contributed by atoms with van der Waals surface area (Å²) in [5.41, 5.74) is 2.61. The molecule has 0 fully saturated rings. The number of hydrogen-bond donors (Lipinski definition) is 2. The zero-order valence-corrected chi connectivity index (χ0v) is 15.7. The highest BCUT2D eigenvalue weighted by Crippen LogP contribution is 2.45. The maximum atomic E-state index is 11.9. The lowest BCUT2D eigenvalue weighted by molar-refractivity contribution is -0.432. The van der Waals surface area contributed by atoms with Crippen LogP contribution < -0.4 is 10.1 Å². The molecule has 2 aromatic carbocycles. The smallest absolute Gasteiger partial charge is 0.317 e. The number of fused-ring (bicyclic) bond motifs is 2. The van der Waals surface area contributed by atoms with Gasteiger partial charge < -0.3 is 15.0 Å². The van der Waals surface area contributed by atoms with Gasteiger partial charge in [-0.2, -0.15) is 5.26 Å². The zero-order valence-electron chi connectivity index (χ0n) is 14.1. The third-order valence-electron chi connectivity index (χ3n) is 4.58. The van der Waals surface area contributed by atoms with Crippen LogP contribution in [0.1, 0.15) is 22.6 Å². The second-order valence-electron chi connectivity index (χ2n) is 6.05. The van der Waals surface area contributed by atoms with Gasteiger partial charge >= 0.3 is 5.70 Å². The number of aromatic amines is 1. The third kappa shape index (κ3) is 2.73. The normalized spacial score (nSPS) is 15.8. The van der Waals surface area contributed by atoms with Gasteiger partial charge in [-0.3, -0.25) is 10.1 Å². The molecule has 0 saturated heterocycles. The highest BCUT2D eigenvalue weighted by Gasteiger charge is 2.40. The number of ether oxygens (including phenoxy) is 1. The van der Waals surface area contributed by atoms with E-state index in [9.17, 15) is 15.4 Å². The molecule has 8 heteroatoms. The molecule has 3 aromatic rings. The Labute approximate surface area is 162 Å². The summed E-state index contributed by atoms with van der Waals surface area (Å²) in [6.45, 7) is 0. The largest absolute Gasteiger partial charge is 0.435 e. The number of nitro groups is 1. The fourth-order valence-corrected chi connectivity index (χ4v) is 3.79. The molecule has 4 rings (SSSR count). The van der Waals surface area contributed by atoms with Gasteiger partial charge in [-0.25, -0.2) is 0 Å². The molecule has 0 aliphatic carbocycles. The predicted molar refractivity (Wildman–Crippen MR) is 103 cm³/mol. The van der Waals surface area contributed by atoms with Crippen molar-refractivity contribution in [2.24, 2.45) is 0 Å². The number of hydrogen-bond acceptors (Lipinski definition) is 5. The summed E-state index contributed by atoms with van der Waals surface area (Å²) >= 11 is 3.43. The Morgan fingerprint density at radius 2 is 2.11 bits per heavy atom. The van der Waals surface area contributed by atoms with E-state index < -0.39 is 10.8 Å². The molecule has 0 bridgehead atoms. The van der Waals surface area contributed by atoms with E-state index in [0.717, 1.165) is 15.4 Å². The van der Waals surface area contributed by atoms with Gasteiger partial charge in [0.15, 0.2) is 0 Å². The van der Waals surface area contributed by atoms with Crippen LogP contribution in [-0.4, -0.2) is 17.0 Å². The number of nitriles is 1. The zero-order chi connectivity index (χ0) is 19.1. The molecular weight excluding hydrogens is 412 g/mol. The van der Waals surface area contributed by atoms with Crippen molar-refractivity contribution in [3.8, 4) is 11.8 Å². The van der Waals surface area contributed by atoms with E-state index in [2.05, 4.69) is 32.3 Å². The molecule has 1 unspecified atom stereocenters. The summed E-state index contributed by atoms with van der Waals surface area (Å²) < 4.78 is 6.53. The first kappa shape index (κ1) is 17.1. The average Bonchev–Trinajstić information content (AvgIpc) is 3.09. The molecule has 2 N–H and O–H groups in total. The van der Waals surface area contributed by atoms with Crippen LogP contribution in [-0.2, 0) is 0 Å². The van der Waals surface area contributed by atoms with E-state index in [1.807, 2.05) is 12.1 Å². The Balaban J connectivity index is 2.04. The van der Waals surface area contributed by atoms with Crippen molar-refractivity contribution in [1.29, 1.82) is 5.26 Å². The average molecular weight is 425 g/mol. The second kappa shape index (κ2) is 6.45. The molecule has 0 radical (unpaired) electrons. The minimum Gasteiger partial charge on any atom is -0.435 e. The molecule has 27 heavy (non-hydrogen) atoms. The van der Waals surface area contributed by atoms with Crippen LogP contribution >= 0.6 is 15.9 Å². The number of benzene rings is 2. The van der Waals surface area contributed by atoms with Gasteiger partial charge in [-0.05, 0) is 42.0 Å². The predicted octanol–water partition coefficient (Wildman–Crippen LogP) is 3.99. The number of H-pyrrole nitrogens is 1. The van der Waals surface area contributed by atoms with Crippen molar-refractivity contribution in [1.82, 2.24) is 10.3 Å². The van der Waals surface area contributed by atoms with Gasteiger partial charge in [0.2, 0.25) is 0 Å². The van der Waals surface area contributed by atoms with E-state index in [4.69, 9.17) is 4.74 Å². The number of aromatic nitrogens is 1. The van der Waals surface area contributed by atoms with Crippen molar-refractivity contribution in [3.05, 3.63) is 85.5 Å². The first-order valence-electron chi connectivity index (χ1n) is 8.08. The summed E-state index contributed by atoms with van der Waals surface area (Å²) in [4.78, 5) is 14.7. The fourth-order valence-electron chi connectivity index (χ4n) is 3.41. The number of nitrogens with one attached hydrogen (secondary N) is 2. The van der Waals surface area contributed by atoms with Crippen molar-refractivity contribution in [3.63, 3.8) is 0 Å². The Morgan fingerprint density at radius 3 is 2.81 bits per heavy atom. The number of rotatable bonds is 3. The lowest BCUT2D eigenvalue weighted by Gasteiger charge is -2.25. The van der Waals surface area contributed by atoms with E-state index >= 15 is 0 Å². The lowest BCUT2D eigenvalue weighted by atomic mass is 9.86. The molecule has 0 amide bonds. The minimum absolute atomic E-state index is 0.0774. The van der Waals surface area contributed by atoms with Gasteiger partial charge in [0.25, 0.3) is 5.88 Å². The maximum absolute atomic E-state index is 11.9. The monoisotopic (exact) mass is 424 g/mol. The molecule has 7 nitrogen and oxygen atoms in total. The summed E-state index contributed by atoms with van der Waals surface area (Å²) in [6.07, 6.45) is 1.75. The Morgan fingerprint density at radius 1 is 1.30 bits per heavy atom. The summed E-state index contributed by atoms with van der Waals surface area (Å²) in [5.74, 6) is -0.0130. The third-order valence-corrected chi connectivity index (χ3v) is 5.07. The minimum atomic E-state index is -0.661. The molecule has 2 heterocycles. The summed E-state index contributed by atoms with van der Waals surface area (Å²) in [5, 5.41) is 24.7.